The van der Waals surface area contributed by atoms with E-state index in [-0.39, 0.29) is 17.3 Å². The van der Waals surface area contributed by atoms with Gasteiger partial charge in [0, 0.05) is 12.3 Å². The Morgan fingerprint density at radius 3 is 2.76 bits per heavy atom. The minimum atomic E-state index is -0.758. The Labute approximate surface area is 142 Å². The molecule has 1 N–H and O–H groups in total. The van der Waals surface area contributed by atoms with E-state index in [4.69, 9.17) is 9.15 Å². The molecule has 4 rings (SSSR count). The zero-order valence-electron chi connectivity index (χ0n) is 13.2. The van der Waals surface area contributed by atoms with E-state index in [2.05, 4.69) is 10.3 Å². The van der Waals surface area contributed by atoms with Gasteiger partial charge in [0.15, 0.2) is 11.3 Å². The van der Waals surface area contributed by atoms with Crippen LogP contribution in [-0.2, 0) is 4.79 Å². The van der Waals surface area contributed by atoms with E-state index >= 15 is 0 Å². The van der Waals surface area contributed by atoms with Crippen LogP contribution < -0.4 is 10.1 Å². The zero-order chi connectivity index (χ0) is 17.4. The molecule has 0 aliphatic rings. The second-order valence-electron chi connectivity index (χ2n) is 5.49. The van der Waals surface area contributed by atoms with Crippen LogP contribution in [0, 0.1) is 5.82 Å². The molecule has 6 heteroatoms. The van der Waals surface area contributed by atoms with Gasteiger partial charge in [-0.2, -0.15) is 9.37 Å². The summed E-state index contributed by atoms with van der Waals surface area (Å²) in [5.74, 6) is -1.55. The first-order chi connectivity index (χ1) is 12.1. The van der Waals surface area contributed by atoms with Gasteiger partial charge in [0.2, 0.25) is 5.82 Å². The molecule has 0 fully saturated rings. The Bertz CT molecular complexity index is 1100. The lowest BCUT2D eigenvalue weighted by molar-refractivity contribution is -0.132. The third kappa shape index (κ3) is 2.78. The molecule has 0 unspecified atom stereocenters. The summed E-state index contributed by atoms with van der Waals surface area (Å²) in [4.78, 5) is 15.3. The van der Waals surface area contributed by atoms with E-state index in [1.807, 2.05) is 42.5 Å². The number of halogens is 1. The maximum Gasteiger partial charge on any atom is 0.308 e. The smallest absolute Gasteiger partial charge is 0.308 e. The maximum atomic E-state index is 14.4. The zero-order valence-corrected chi connectivity index (χ0v) is 13.2. The number of benzene rings is 3. The van der Waals surface area contributed by atoms with Gasteiger partial charge in [-0.3, -0.25) is 4.79 Å². The van der Waals surface area contributed by atoms with Crippen LogP contribution in [0.25, 0.3) is 21.9 Å². The molecular formula is C19H13FN2O3. The minimum Gasteiger partial charge on any atom is -0.423 e. The Hall–Kier alpha value is -3.41. The number of oxazole rings is 1. The lowest BCUT2D eigenvalue weighted by Gasteiger charge is -2.06. The van der Waals surface area contributed by atoms with Crippen LogP contribution in [0.1, 0.15) is 6.92 Å². The Balaban J connectivity index is 1.74. The number of aromatic nitrogens is 1. The van der Waals surface area contributed by atoms with Crippen LogP contribution in [0.15, 0.2) is 59.0 Å². The predicted molar refractivity (Wildman–Crippen MR) is 92.5 cm³/mol. The molecule has 0 atom stereocenters. The fourth-order valence-electron chi connectivity index (χ4n) is 2.68. The van der Waals surface area contributed by atoms with Crippen molar-refractivity contribution in [2.75, 3.05) is 5.32 Å². The number of esters is 1. The van der Waals surface area contributed by atoms with Crippen LogP contribution >= 0.6 is 0 Å². The number of anilines is 2. The van der Waals surface area contributed by atoms with Crippen molar-refractivity contribution in [2.24, 2.45) is 0 Å². The highest BCUT2D eigenvalue weighted by Crippen LogP contribution is 2.31. The summed E-state index contributed by atoms with van der Waals surface area (Å²) in [5, 5.41) is 5.13. The standard InChI is InChI=1S/C19H13FN2O3/c1-11(23)24-16-10-9-15-18(17(16)20)25-19(22-15)21-14-8-4-6-12-5-2-3-7-13(12)14/h2-10H,1H3,(H,21,22). The van der Waals surface area contributed by atoms with Gasteiger partial charge in [-0.1, -0.05) is 36.4 Å². The van der Waals surface area contributed by atoms with Gasteiger partial charge < -0.3 is 14.5 Å². The van der Waals surface area contributed by atoms with Crippen molar-refractivity contribution in [3.63, 3.8) is 0 Å². The number of carbonyl (C=O) groups excluding carboxylic acids is 1. The van der Waals surface area contributed by atoms with Gasteiger partial charge in [-0.05, 0) is 23.6 Å². The molecule has 0 spiro atoms. The van der Waals surface area contributed by atoms with E-state index in [0.29, 0.717) is 5.52 Å². The molecule has 1 heterocycles. The first-order valence-corrected chi connectivity index (χ1v) is 7.64. The second-order valence-corrected chi connectivity index (χ2v) is 5.49. The van der Waals surface area contributed by atoms with Crippen molar-refractivity contribution in [3.05, 3.63) is 60.4 Å². The molecule has 5 nitrogen and oxygen atoms in total. The van der Waals surface area contributed by atoms with Crippen LogP contribution in [0.5, 0.6) is 5.75 Å². The van der Waals surface area contributed by atoms with Gasteiger partial charge in [-0.15, -0.1) is 0 Å². The molecule has 4 aromatic rings. The molecule has 124 valence electrons. The molecule has 3 aromatic carbocycles. The lowest BCUT2D eigenvalue weighted by Crippen LogP contribution is -2.03. The van der Waals surface area contributed by atoms with Crippen molar-refractivity contribution < 1.29 is 18.3 Å². The van der Waals surface area contributed by atoms with Crippen molar-refractivity contribution >= 4 is 39.5 Å². The average molecular weight is 336 g/mol. The van der Waals surface area contributed by atoms with Gasteiger partial charge in [-0.25, -0.2) is 0 Å². The molecule has 0 saturated heterocycles. The molecule has 25 heavy (non-hydrogen) atoms. The molecular weight excluding hydrogens is 323 g/mol. The molecule has 0 aliphatic carbocycles. The molecule has 1 aromatic heterocycles. The third-order valence-electron chi connectivity index (χ3n) is 3.75. The van der Waals surface area contributed by atoms with E-state index in [1.165, 1.54) is 19.1 Å². The number of hydrogen-bond donors (Lipinski definition) is 1. The van der Waals surface area contributed by atoms with Crippen LogP contribution in [0.2, 0.25) is 0 Å². The summed E-state index contributed by atoms with van der Waals surface area (Å²) in [7, 11) is 0. The third-order valence-corrected chi connectivity index (χ3v) is 3.75. The normalized spacial score (nSPS) is 11.0. The number of hydrogen-bond acceptors (Lipinski definition) is 5. The van der Waals surface area contributed by atoms with E-state index in [0.717, 1.165) is 16.5 Å². The highest BCUT2D eigenvalue weighted by atomic mass is 19.1. The number of carbonyl (C=O) groups is 1. The van der Waals surface area contributed by atoms with Crippen LogP contribution in [-0.4, -0.2) is 11.0 Å². The maximum absolute atomic E-state index is 14.4. The van der Waals surface area contributed by atoms with Crippen molar-refractivity contribution in [2.45, 2.75) is 6.92 Å². The molecule has 0 aliphatic heterocycles. The summed E-state index contributed by atoms with van der Waals surface area (Å²) >= 11 is 0. The molecule has 0 saturated carbocycles. The molecule has 0 radical (unpaired) electrons. The van der Waals surface area contributed by atoms with Crippen molar-refractivity contribution in [3.8, 4) is 5.75 Å². The minimum absolute atomic E-state index is 0.0681. The average Bonchev–Trinajstić information content (AvgIpc) is 3.01. The van der Waals surface area contributed by atoms with Gasteiger partial charge in [0.05, 0.1) is 5.69 Å². The van der Waals surface area contributed by atoms with Gasteiger partial charge in [0.25, 0.3) is 6.01 Å². The van der Waals surface area contributed by atoms with Crippen LogP contribution in [0.4, 0.5) is 16.1 Å². The predicted octanol–water partition coefficient (Wildman–Crippen LogP) is 4.79. The Morgan fingerprint density at radius 1 is 1.12 bits per heavy atom. The number of nitrogens with one attached hydrogen (secondary N) is 1. The Morgan fingerprint density at radius 2 is 1.92 bits per heavy atom. The first kappa shape index (κ1) is 15.1. The second kappa shape index (κ2) is 5.90. The number of fused-ring (bicyclic) bond motifs is 2. The summed E-state index contributed by atoms with van der Waals surface area (Å²) in [6.07, 6.45) is 0. The monoisotopic (exact) mass is 336 g/mol. The number of ether oxygens (including phenoxy) is 1. The van der Waals surface area contributed by atoms with E-state index in [9.17, 15) is 9.18 Å². The number of rotatable bonds is 3. The van der Waals surface area contributed by atoms with Gasteiger partial charge >= 0.3 is 5.97 Å². The summed E-state index contributed by atoms with van der Waals surface area (Å²) in [6, 6.07) is 16.7. The summed E-state index contributed by atoms with van der Waals surface area (Å²) in [6.45, 7) is 1.21. The number of nitrogens with zero attached hydrogens (tertiary/aromatic N) is 1. The lowest BCUT2D eigenvalue weighted by atomic mass is 10.1. The topological polar surface area (TPSA) is 64.4 Å². The molecule has 0 bridgehead atoms. The summed E-state index contributed by atoms with van der Waals surface area (Å²) < 4.78 is 24.7. The quantitative estimate of drug-likeness (QED) is 0.430. The Kier molecular flexibility index (Phi) is 3.57. The highest BCUT2D eigenvalue weighted by Gasteiger charge is 2.16. The summed E-state index contributed by atoms with van der Waals surface area (Å²) in [5.41, 5.74) is 1.06. The largest absolute Gasteiger partial charge is 0.423 e. The SMILES string of the molecule is CC(=O)Oc1ccc2nc(Nc3cccc4ccccc34)oc2c1F. The molecule has 0 amide bonds. The fourth-order valence-corrected chi connectivity index (χ4v) is 2.68. The van der Waals surface area contributed by atoms with Crippen LogP contribution in [0.3, 0.4) is 0 Å². The fraction of sp³-hybridized carbons (Fsp3) is 0.0526. The highest BCUT2D eigenvalue weighted by molar-refractivity contribution is 5.95. The van der Waals surface area contributed by atoms with E-state index < -0.39 is 11.8 Å². The van der Waals surface area contributed by atoms with Gasteiger partial charge in [0.1, 0.15) is 5.52 Å². The van der Waals surface area contributed by atoms with Crippen molar-refractivity contribution in [1.29, 1.82) is 0 Å². The van der Waals surface area contributed by atoms with Crippen molar-refractivity contribution in [1.82, 2.24) is 4.98 Å². The first-order valence-electron chi connectivity index (χ1n) is 7.64. The van der Waals surface area contributed by atoms with E-state index in [1.54, 1.807) is 0 Å².